The smallest absolute Gasteiger partial charge is 0.184 e. The van der Waals surface area contributed by atoms with Crippen molar-refractivity contribution in [3.8, 4) is 0 Å². The summed E-state index contributed by atoms with van der Waals surface area (Å²) in [6.07, 6.45) is 11.6. The molecule has 0 spiro atoms. The second kappa shape index (κ2) is 8.54. The predicted molar refractivity (Wildman–Crippen MR) is 74.7 cm³/mol. The number of rotatable bonds is 9. The molecule has 1 heterocycles. The number of hydrogen-bond donors (Lipinski definition) is 0. The quantitative estimate of drug-likeness (QED) is 0.533. The molecule has 0 radical (unpaired) electrons. The molecule has 0 bridgehead atoms. The van der Waals surface area contributed by atoms with Crippen LogP contribution in [0.2, 0.25) is 0 Å². The van der Waals surface area contributed by atoms with Gasteiger partial charge in [0.05, 0.1) is 6.04 Å². The molecule has 0 saturated heterocycles. The van der Waals surface area contributed by atoms with Crippen molar-refractivity contribution in [3.05, 3.63) is 0 Å². The van der Waals surface area contributed by atoms with E-state index in [9.17, 15) is 0 Å². The van der Waals surface area contributed by atoms with E-state index >= 15 is 0 Å². The first-order chi connectivity index (χ1) is 8.31. The summed E-state index contributed by atoms with van der Waals surface area (Å²) in [6, 6.07) is 0.426. The summed E-state index contributed by atoms with van der Waals surface area (Å²) in [5.74, 6) is 1.03. The summed E-state index contributed by atoms with van der Waals surface area (Å²) in [5.41, 5.74) is 0. The van der Waals surface area contributed by atoms with Crippen LogP contribution in [0.25, 0.3) is 0 Å². The minimum absolute atomic E-state index is 0.357. The van der Waals surface area contributed by atoms with Crippen LogP contribution in [0, 0.1) is 0 Å². The molecule has 0 aromatic heterocycles. The average Bonchev–Trinajstić information content (AvgIpc) is 2.76. The van der Waals surface area contributed by atoms with Crippen molar-refractivity contribution in [2.24, 2.45) is 4.99 Å². The summed E-state index contributed by atoms with van der Waals surface area (Å²) in [5, 5.41) is 0. The molecular formula is C15H29NO. The lowest BCUT2D eigenvalue weighted by Crippen LogP contribution is -2.20. The lowest BCUT2D eigenvalue weighted by atomic mass is 10.1. The number of unbranched alkanes of at least 4 members (excludes halogenated alkanes) is 5. The third-order valence-electron chi connectivity index (χ3n) is 3.59. The van der Waals surface area contributed by atoms with Crippen LogP contribution >= 0.6 is 0 Å². The highest BCUT2D eigenvalue weighted by atomic mass is 16.5. The van der Waals surface area contributed by atoms with E-state index in [0.29, 0.717) is 12.1 Å². The van der Waals surface area contributed by atoms with Gasteiger partial charge in [-0.15, -0.1) is 0 Å². The molecule has 2 unspecified atom stereocenters. The zero-order chi connectivity index (χ0) is 12.5. The zero-order valence-corrected chi connectivity index (χ0v) is 11.9. The van der Waals surface area contributed by atoms with Crippen LogP contribution in [0.4, 0.5) is 0 Å². The number of hydrogen-bond acceptors (Lipinski definition) is 2. The van der Waals surface area contributed by atoms with E-state index in [1.165, 1.54) is 38.5 Å². The monoisotopic (exact) mass is 239 g/mol. The molecule has 0 fully saturated rings. The van der Waals surface area contributed by atoms with Crippen molar-refractivity contribution >= 4 is 5.90 Å². The van der Waals surface area contributed by atoms with Crippen molar-refractivity contribution in [3.63, 3.8) is 0 Å². The molecule has 2 heteroatoms. The minimum Gasteiger partial charge on any atom is -0.475 e. The van der Waals surface area contributed by atoms with E-state index in [0.717, 1.165) is 25.2 Å². The Balaban J connectivity index is 2.11. The van der Waals surface area contributed by atoms with Crippen molar-refractivity contribution in [2.75, 3.05) is 0 Å². The van der Waals surface area contributed by atoms with Gasteiger partial charge < -0.3 is 4.74 Å². The summed E-state index contributed by atoms with van der Waals surface area (Å²) >= 11 is 0. The van der Waals surface area contributed by atoms with Crippen LogP contribution in [0.3, 0.4) is 0 Å². The van der Waals surface area contributed by atoms with Gasteiger partial charge in [0.2, 0.25) is 0 Å². The molecule has 0 amide bonds. The van der Waals surface area contributed by atoms with E-state index < -0.39 is 0 Å². The lowest BCUT2D eigenvalue weighted by Gasteiger charge is -2.13. The third-order valence-corrected chi connectivity index (χ3v) is 3.59. The van der Waals surface area contributed by atoms with Gasteiger partial charge in [0, 0.05) is 6.42 Å². The van der Waals surface area contributed by atoms with Crippen molar-refractivity contribution in [2.45, 2.75) is 90.7 Å². The first kappa shape index (κ1) is 14.5. The highest BCUT2D eigenvalue weighted by molar-refractivity contribution is 5.78. The molecule has 100 valence electrons. The summed E-state index contributed by atoms with van der Waals surface area (Å²) in [6.45, 7) is 6.65. The van der Waals surface area contributed by atoms with E-state index in [2.05, 4.69) is 25.8 Å². The molecule has 2 nitrogen and oxygen atoms in total. The van der Waals surface area contributed by atoms with Crippen LogP contribution in [-0.2, 0) is 4.74 Å². The Labute approximate surface area is 107 Å². The van der Waals surface area contributed by atoms with Crippen molar-refractivity contribution in [1.82, 2.24) is 0 Å². The number of ether oxygens (including phenoxy) is 1. The van der Waals surface area contributed by atoms with E-state index in [4.69, 9.17) is 4.74 Å². The van der Waals surface area contributed by atoms with Crippen LogP contribution in [0.5, 0.6) is 0 Å². The van der Waals surface area contributed by atoms with Gasteiger partial charge in [-0.1, -0.05) is 52.9 Å². The Morgan fingerprint density at radius 3 is 2.24 bits per heavy atom. The van der Waals surface area contributed by atoms with Gasteiger partial charge >= 0.3 is 0 Å². The molecule has 0 N–H and O–H groups in total. The fourth-order valence-electron chi connectivity index (χ4n) is 2.44. The van der Waals surface area contributed by atoms with Crippen LogP contribution in [0.1, 0.15) is 78.6 Å². The average molecular weight is 239 g/mol. The highest BCUT2D eigenvalue weighted by Crippen LogP contribution is 2.21. The van der Waals surface area contributed by atoms with Gasteiger partial charge in [0.15, 0.2) is 5.90 Å². The Morgan fingerprint density at radius 1 is 0.941 bits per heavy atom. The number of aliphatic imine (C=N–C) groups is 1. The third kappa shape index (κ3) is 5.10. The topological polar surface area (TPSA) is 21.6 Å². The predicted octanol–water partition coefficient (Wildman–Crippen LogP) is 4.72. The minimum atomic E-state index is 0.357. The lowest BCUT2D eigenvalue weighted by molar-refractivity contribution is 0.180. The van der Waals surface area contributed by atoms with E-state index in [-0.39, 0.29) is 0 Å². The molecule has 1 rings (SSSR count). The second-order valence-electron chi connectivity index (χ2n) is 5.08. The maximum Gasteiger partial charge on any atom is 0.184 e. The highest BCUT2D eigenvalue weighted by Gasteiger charge is 2.27. The normalized spacial score (nSPS) is 23.6. The molecule has 2 atom stereocenters. The molecule has 0 aromatic rings. The van der Waals surface area contributed by atoms with Gasteiger partial charge in [-0.2, -0.15) is 0 Å². The molecule has 17 heavy (non-hydrogen) atoms. The molecule has 0 aliphatic carbocycles. The fraction of sp³-hybridized carbons (Fsp3) is 0.933. The molecule has 0 aromatic carbocycles. The Hall–Kier alpha value is -0.530. The summed E-state index contributed by atoms with van der Waals surface area (Å²) < 4.78 is 5.89. The van der Waals surface area contributed by atoms with Crippen molar-refractivity contribution < 1.29 is 4.74 Å². The number of nitrogens with zero attached hydrogens (tertiary/aromatic N) is 1. The molecule has 0 saturated carbocycles. The van der Waals surface area contributed by atoms with Gasteiger partial charge in [-0.05, 0) is 19.3 Å². The second-order valence-corrected chi connectivity index (χ2v) is 5.08. The maximum atomic E-state index is 5.89. The fourth-order valence-corrected chi connectivity index (χ4v) is 2.44. The largest absolute Gasteiger partial charge is 0.475 e. The first-order valence-corrected chi connectivity index (χ1v) is 7.55. The standard InChI is InChI=1S/C15H29NO/c1-4-7-8-9-10-11-12-15-16-13(5-2)14(6-3)17-15/h13-14H,4-12H2,1-3H3. The maximum absolute atomic E-state index is 5.89. The summed E-state index contributed by atoms with van der Waals surface area (Å²) in [7, 11) is 0. The SMILES string of the molecule is CCCCCCCCC1=NC(CC)C(CC)O1. The Morgan fingerprint density at radius 2 is 1.65 bits per heavy atom. The van der Waals surface area contributed by atoms with Crippen LogP contribution in [0.15, 0.2) is 4.99 Å². The summed E-state index contributed by atoms with van der Waals surface area (Å²) in [4.78, 5) is 4.69. The van der Waals surface area contributed by atoms with Gasteiger partial charge in [0.25, 0.3) is 0 Å². The molecule has 1 aliphatic rings. The van der Waals surface area contributed by atoms with Gasteiger partial charge in [-0.25, -0.2) is 4.99 Å². The van der Waals surface area contributed by atoms with Gasteiger partial charge in [0.1, 0.15) is 6.10 Å². The van der Waals surface area contributed by atoms with Crippen molar-refractivity contribution in [1.29, 1.82) is 0 Å². The zero-order valence-electron chi connectivity index (χ0n) is 11.9. The van der Waals surface area contributed by atoms with Crippen LogP contribution in [-0.4, -0.2) is 18.0 Å². The van der Waals surface area contributed by atoms with Crippen LogP contribution < -0.4 is 0 Å². The van der Waals surface area contributed by atoms with E-state index in [1.807, 2.05) is 0 Å². The van der Waals surface area contributed by atoms with Gasteiger partial charge in [-0.3, -0.25) is 0 Å². The first-order valence-electron chi connectivity index (χ1n) is 7.55. The molecular weight excluding hydrogens is 210 g/mol. The molecule has 1 aliphatic heterocycles. The van der Waals surface area contributed by atoms with E-state index in [1.54, 1.807) is 0 Å². The Bertz CT molecular complexity index is 225. The Kier molecular flexibility index (Phi) is 7.30.